The van der Waals surface area contributed by atoms with Gasteiger partial charge in [-0.25, -0.2) is 4.39 Å². The van der Waals surface area contributed by atoms with Crippen molar-refractivity contribution in [3.05, 3.63) is 35.1 Å². The number of benzene rings is 1. The van der Waals surface area contributed by atoms with Gasteiger partial charge in [-0.1, -0.05) is 6.07 Å². The molecular formula is C24H29F4N5O4S. The molecule has 14 heteroatoms. The minimum absolute atomic E-state index is 0.0209. The van der Waals surface area contributed by atoms with Crippen LogP contribution in [-0.4, -0.2) is 72.5 Å². The highest BCUT2D eigenvalue weighted by molar-refractivity contribution is 7.86. The van der Waals surface area contributed by atoms with E-state index in [1.165, 1.54) is 20.4 Å². The first-order chi connectivity index (χ1) is 17.8. The molecule has 38 heavy (non-hydrogen) atoms. The zero-order valence-corrected chi connectivity index (χ0v) is 21.6. The van der Waals surface area contributed by atoms with Crippen molar-refractivity contribution < 1.29 is 35.6 Å². The summed E-state index contributed by atoms with van der Waals surface area (Å²) in [6.07, 6.45) is -2.86. The van der Waals surface area contributed by atoms with Gasteiger partial charge in [0.1, 0.15) is 11.9 Å². The highest BCUT2D eigenvalue weighted by Gasteiger charge is 2.44. The Hall–Kier alpha value is -2.76. The molecule has 4 rings (SSSR count). The summed E-state index contributed by atoms with van der Waals surface area (Å²) in [5.41, 5.74) is -1.24. The largest absolute Gasteiger partial charge is 0.416 e. The molecule has 0 aliphatic carbocycles. The summed E-state index contributed by atoms with van der Waals surface area (Å²) in [6, 6.07) is 2.36. The number of rotatable bonds is 6. The molecule has 3 aliphatic heterocycles. The van der Waals surface area contributed by atoms with Crippen molar-refractivity contribution in [2.45, 2.75) is 50.9 Å². The smallest absolute Gasteiger partial charge is 0.348 e. The predicted octanol–water partition coefficient (Wildman–Crippen LogP) is 2.42. The Labute approximate surface area is 218 Å². The topological polar surface area (TPSA) is 114 Å². The van der Waals surface area contributed by atoms with Gasteiger partial charge in [-0.15, -0.1) is 0 Å². The maximum absolute atomic E-state index is 14.4. The lowest BCUT2D eigenvalue weighted by molar-refractivity contribution is -0.142. The molecule has 0 unspecified atom stereocenters. The third-order valence-electron chi connectivity index (χ3n) is 7.41. The molecule has 9 nitrogen and oxygen atoms in total. The van der Waals surface area contributed by atoms with Crippen LogP contribution in [0.2, 0.25) is 0 Å². The van der Waals surface area contributed by atoms with Gasteiger partial charge in [0.25, 0.3) is 10.2 Å². The average molecular weight is 560 g/mol. The highest BCUT2D eigenvalue weighted by Crippen LogP contribution is 2.32. The normalized spacial score (nSPS) is 24.5. The van der Waals surface area contributed by atoms with E-state index in [-0.39, 0.29) is 43.6 Å². The van der Waals surface area contributed by atoms with E-state index in [9.17, 15) is 35.6 Å². The van der Waals surface area contributed by atoms with E-state index in [1.807, 2.05) is 6.07 Å². The first kappa shape index (κ1) is 28.3. The van der Waals surface area contributed by atoms with E-state index in [0.717, 1.165) is 12.1 Å². The van der Waals surface area contributed by atoms with Gasteiger partial charge in [-0.2, -0.15) is 35.5 Å². The molecule has 0 bridgehead atoms. The number of nitriles is 1. The molecule has 3 atom stereocenters. The van der Waals surface area contributed by atoms with E-state index < -0.39 is 51.7 Å². The van der Waals surface area contributed by atoms with Crippen LogP contribution in [0.3, 0.4) is 0 Å². The molecule has 3 heterocycles. The van der Waals surface area contributed by atoms with Gasteiger partial charge in [-0.3, -0.25) is 9.59 Å². The lowest BCUT2D eigenvalue weighted by Gasteiger charge is -2.41. The molecule has 1 aromatic carbocycles. The molecule has 208 valence electrons. The molecule has 0 spiro atoms. The van der Waals surface area contributed by atoms with Crippen LogP contribution >= 0.6 is 0 Å². The summed E-state index contributed by atoms with van der Waals surface area (Å²) in [7, 11) is -3.79. The zero-order chi connectivity index (χ0) is 27.8. The monoisotopic (exact) mass is 559 g/mol. The number of carbonyl (C=O) groups is 2. The summed E-state index contributed by atoms with van der Waals surface area (Å²) in [5.74, 6) is -2.96. The lowest BCUT2D eigenvalue weighted by atomic mass is 9.97. The van der Waals surface area contributed by atoms with Crippen LogP contribution in [0.1, 0.15) is 49.8 Å². The Bertz CT molecular complexity index is 1230. The number of hydrogen-bond acceptors (Lipinski definition) is 5. The first-order valence-corrected chi connectivity index (χ1v) is 13.8. The third kappa shape index (κ3) is 5.64. The van der Waals surface area contributed by atoms with Gasteiger partial charge >= 0.3 is 6.18 Å². The van der Waals surface area contributed by atoms with Crippen LogP contribution in [0.5, 0.6) is 0 Å². The number of carbonyl (C=O) groups excluding carboxylic acids is 2. The van der Waals surface area contributed by atoms with Gasteiger partial charge < -0.3 is 10.2 Å². The van der Waals surface area contributed by atoms with E-state index in [4.69, 9.17) is 5.26 Å². The molecule has 2 amide bonds. The van der Waals surface area contributed by atoms with Gasteiger partial charge in [0.15, 0.2) is 0 Å². The van der Waals surface area contributed by atoms with Crippen LogP contribution in [-0.2, 0) is 26.0 Å². The summed E-state index contributed by atoms with van der Waals surface area (Å²) in [4.78, 5) is 27.8. The van der Waals surface area contributed by atoms with Crippen molar-refractivity contribution in [3.8, 4) is 6.07 Å². The number of piperidine rings is 1. The van der Waals surface area contributed by atoms with Gasteiger partial charge in [0.05, 0.1) is 29.5 Å². The fourth-order valence-corrected chi connectivity index (χ4v) is 7.00. The number of nitrogens with one attached hydrogen (secondary N) is 1. The van der Waals surface area contributed by atoms with Crippen LogP contribution < -0.4 is 5.32 Å². The molecule has 1 N–H and O–H groups in total. The Morgan fingerprint density at radius 1 is 1.11 bits per heavy atom. The highest BCUT2D eigenvalue weighted by atomic mass is 32.2. The second-order valence-corrected chi connectivity index (χ2v) is 11.9. The van der Waals surface area contributed by atoms with Crippen molar-refractivity contribution in [1.29, 1.82) is 5.26 Å². The van der Waals surface area contributed by atoms with E-state index >= 15 is 0 Å². The number of alkyl halides is 3. The fraction of sp³-hybridized carbons (Fsp3) is 0.625. The summed E-state index contributed by atoms with van der Waals surface area (Å²) in [5, 5.41) is 11.5. The molecule has 0 saturated carbocycles. The third-order valence-corrected chi connectivity index (χ3v) is 9.34. The minimum atomic E-state index is -4.70. The minimum Gasteiger partial charge on any atom is -0.348 e. The molecule has 1 aromatic rings. The Balaban J connectivity index is 1.39. The molecule has 0 aromatic heterocycles. The first-order valence-electron chi connectivity index (χ1n) is 12.4. The van der Waals surface area contributed by atoms with Gasteiger partial charge in [0.2, 0.25) is 11.8 Å². The summed E-state index contributed by atoms with van der Waals surface area (Å²) >= 11 is 0. The van der Waals surface area contributed by atoms with E-state index in [0.29, 0.717) is 38.3 Å². The summed E-state index contributed by atoms with van der Waals surface area (Å²) in [6.45, 7) is 2.24. The Morgan fingerprint density at radius 3 is 2.42 bits per heavy atom. The molecule has 3 fully saturated rings. The molecular weight excluding hydrogens is 530 g/mol. The van der Waals surface area contributed by atoms with Crippen LogP contribution in [0, 0.1) is 29.0 Å². The SMILES string of the molecule is C[C@@H](NC(=O)[C@H]1CCCN1C(=O)[C@H]1CCCN(S(=O)(=O)N2CC(C#N)C2)C1)c1ccc(C(F)(F)F)cc1F. The fourth-order valence-electron chi connectivity index (χ4n) is 5.20. The zero-order valence-electron chi connectivity index (χ0n) is 20.7. The average Bonchev–Trinajstić information content (AvgIpc) is 3.32. The predicted molar refractivity (Wildman–Crippen MR) is 127 cm³/mol. The number of halogens is 4. The number of amides is 2. The van der Waals surface area contributed by atoms with Crippen LogP contribution in [0.15, 0.2) is 18.2 Å². The molecule has 3 saturated heterocycles. The lowest BCUT2D eigenvalue weighted by Crippen LogP contribution is -2.57. The van der Waals surface area contributed by atoms with E-state index in [2.05, 4.69) is 5.32 Å². The van der Waals surface area contributed by atoms with Crippen molar-refractivity contribution in [3.63, 3.8) is 0 Å². The standard InChI is InChI=1S/C24H29F4N5O4S/c1-15(19-7-6-18(10-20(19)25)24(26,27)28)30-22(34)21-5-3-9-33(21)23(35)17-4-2-8-31(14-17)38(36,37)32-12-16(11-29)13-32/h6-7,10,15-17,21H,2-5,8-9,12-14H2,1H3,(H,30,34)/t15-,17+,21-/m1/s1. The van der Waals surface area contributed by atoms with Crippen LogP contribution in [0.4, 0.5) is 17.6 Å². The number of nitrogens with zero attached hydrogens (tertiary/aromatic N) is 4. The van der Waals surface area contributed by atoms with Crippen molar-refractivity contribution >= 4 is 22.0 Å². The van der Waals surface area contributed by atoms with Crippen LogP contribution in [0.25, 0.3) is 0 Å². The second kappa shape index (κ2) is 10.8. The number of likely N-dealkylation sites (tertiary alicyclic amines) is 1. The van der Waals surface area contributed by atoms with Crippen molar-refractivity contribution in [2.75, 3.05) is 32.7 Å². The maximum Gasteiger partial charge on any atom is 0.416 e. The second-order valence-electron chi connectivity index (χ2n) is 10.0. The van der Waals surface area contributed by atoms with Crippen molar-refractivity contribution in [2.24, 2.45) is 11.8 Å². The van der Waals surface area contributed by atoms with E-state index in [1.54, 1.807) is 0 Å². The molecule has 3 aliphatic rings. The van der Waals surface area contributed by atoms with Gasteiger partial charge in [0, 0.05) is 38.3 Å². The quantitative estimate of drug-likeness (QED) is 0.538. The van der Waals surface area contributed by atoms with Gasteiger partial charge in [-0.05, 0) is 44.7 Å². The Kier molecular flexibility index (Phi) is 8.02. The number of hydrogen-bond donors (Lipinski definition) is 1. The Morgan fingerprint density at radius 2 is 1.79 bits per heavy atom. The summed E-state index contributed by atoms with van der Waals surface area (Å²) < 4.78 is 81.2. The molecule has 0 radical (unpaired) electrons. The maximum atomic E-state index is 14.4. The van der Waals surface area contributed by atoms with Crippen molar-refractivity contribution in [1.82, 2.24) is 18.8 Å².